The van der Waals surface area contributed by atoms with Gasteiger partial charge in [0.1, 0.15) is 0 Å². The minimum absolute atomic E-state index is 0.0406. The van der Waals surface area contributed by atoms with Gasteiger partial charge in [-0.1, -0.05) is 49.9 Å². The molecule has 0 saturated heterocycles. The second kappa shape index (κ2) is 9.75. The fourth-order valence-electron chi connectivity index (χ4n) is 3.15. The number of aryl methyl sites for hydroxylation is 1. The Balaban J connectivity index is 1.73. The van der Waals surface area contributed by atoms with Crippen LogP contribution in [-0.4, -0.2) is 26.4 Å². The van der Waals surface area contributed by atoms with Crippen LogP contribution in [0, 0.1) is 10.5 Å². The SMILES string of the molecule is CCn1c(SCC(=O)Nc2ccc(I)cc2C(C)C)nnc1-c1ccccc1C. The highest BCUT2D eigenvalue weighted by Gasteiger charge is 2.16. The van der Waals surface area contributed by atoms with Crippen LogP contribution in [-0.2, 0) is 11.3 Å². The maximum atomic E-state index is 12.6. The number of rotatable bonds is 7. The van der Waals surface area contributed by atoms with E-state index in [1.807, 2.05) is 24.3 Å². The number of aromatic nitrogens is 3. The Hall–Kier alpha value is -1.87. The van der Waals surface area contributed by atoms with Gasteiger partial charge in [-0.25, -0.2) is 0 Å². The molecule has 3 aromatic rings. The van der Waals surface area contributed by atoms with Crippen molar-refractivity contribution in [3.8, 4) is 11.4 Å². The highest BCUT2D eigenvalue weighted by Crippen LogP contribution is 2.28. The Labute approximate surface area is 189 Å². The van der Waals surface area contributed by atoms with Crippen LogP contribution in [0.2, 0.25) is 0 Å². The van der Waals surface area contributed by atoms with Crippen molar-refractivity contribution in [2.45, 2.75) is 45.3 Å². The van der Waals surface area contributed by atoms with Gasteiger partial charge in [0.05, 0.1) is 5.75 Å². The number of thioether (sulfide) groups is 1. The van der Waals surface area contributed by atoms with Crippen molar-refractivity contribution in [1.29, 1.82) is 0 Å². The number of carbonyl (C=O) groups is 1. The summed E-state index contributed by atoms with van der Waals surface area (Å²) >= 11 is 3.71. The van der Waals surface area contributed by atoms with Gasteiger partial charge in [0.25, 0.3) is 0 Å². The van der Waals surface area contributed by atoms with Crippen molar-refractivity contribution in [3.05, 3.63) is 57.2 Å². The van der Waals surface area contributed by atoms with Crippen molar-refractivity contribution in [2.24, 2.45) is 0 Å². The number of hydrogen-bond acceptors (Lipinski definition) is 4. The highest BCUT2D eigenvalue weighted by molar-refractivity contribution is 14.1. The first-order valence-electron chi connectivity index (χ1n) is 9.62. The Bertz CT molecular complexity index is 1020. The molecule has 29 heavy (non-hydrogen) atoms. The van der Waals surface area contributed by atoms with Crippen molar-refractivity contribution < 1.29 is 4.79 Å². The molecule has 0 aliphatic rings. The van der Waals surface area contributed by atoms with Gasteiger partial charge in [-0.3, -0.25) is 4.79 Å². The molecule has 0 bridgehead atoms. The van der Waals surface area contributed by atoms with Gasteiger partial charge in [-0.05, 0) is 71.7 Å². The topological polar surface area (TPSA) is 59.8 Å². The lowest BCUT2D eigenvalue weighted by molar-refractivity contribution is -0.113. The standard InChI is InChI=1S/C22H25IN4OS/c1-5-27-21(17-9-7-6-8-15(17)4)25-26-22(27)29-13-20(28)24-19-11-10-16(23)12-18(19)14(2)3/h6-12,14H,5,13H2,1-4H3,(H,24,28). The third-order valence-corrected chi connectivity index (χ3v) is 6.30. The Kier molecular flexibility index (Phi) is 7.34. The third kappa shape index (κ3) is 5.19. The molecule has 3 rings (SSSR count). The van der Waals surface area contributed by atoms with Gasteiger partial charge in [0.2, 0.25) is 5.91 Å². The van der Waals surface area contributed by atoms with E-state index < -0.39 is 0 Å². The van der Waals surface area contributed by atoms with Crippen LogP contribution in [0.1, 0.15) is 37.8 Å². The molecule has 0 spiro atoms. The summed E-state index contributed by atoms with van der Waals surface area (Å²) in [6.07, 6.45) is 0. The fourth-order valence-corrected chi connectivity index (χ4v) is 4.46. The number of anilines is 1. The summed E-state index contributed by atoms with van der Waals surface area (Å²) in [6.45, 7) is 9.14. The number of hydrogen-bond donors (Lipinski definition) is 1. The molecular formula is C22H25IN4OS. The second-order valence-electron chi connectivity index (χ2n) is 7.09. The van der Waals surface area contributed by atoms with Crippen LogP contribution in [0.5, 0.6) is 0 Å². The predicted octanol–water partition coefficient (Wildman–Crippen LogP) is 5.73. The third-order valence-electron chi connectivity index (χ3n) is 4.66. The minimum atomic E-state index is -0.0406. The first kappa shape index (κ1) is 21.8. The maximum absolute atomic E-state index is 12.6. The molecule has 1 amide bonds. The van der Waals surface area contributed by atoms with Crippen molar-refractivity contribution in [1.82, 2.24) is 14.8 Å². The summed E-state index contributed by atoms with van der Waals surface area (Å²) in [5.41, 5.74) is 4.25. The molecule has 2 aromatic carbocycles. The molecule has 0 aliphatic heterocycles. The van der Waals surface area contributed by atoms with Crippen LogP contribution in [0.4, 0.5) is 5.69 Å². The lowest BCUT2D eigenvalue weighted by Crippen LogP contribution is -2.16. The average molecular weight is 520 g/mol. The first-order chi connectivity index (χ1) is 13.9. The molecule has 5 nitrogen and oxygen atoms in total. The molecule has 1 N–H and O–H groups in total. The van der Waals surface area contributed by atoms with E-state index in [1.54, 1.807) is 0 Å². The number of carbonyl (C=O) groups excluding carboxylic acids is 1. The van der Waals surface area contributed by atoms with Crippen LogP contribution in [0.3, 0.4) is 0 Å². The number of nitrogens with zero attached hydrogens (tertiary/aromatic N) is 3. The molecule has 1 aromatic heterocycles. The largest absolute Gasteiger partial charge is 0.325 e. The molecule has 7 heteroatoms. The van der Waals surface area contributed by atoms with E-state index in [9.17, 15) is 4.79 Å². The van der Waals surface area contributed by atoms with Crippen LogP contribution in [0.15, 0.2) is 47.6 Å². The summed E-state index contributed by atoms with van der Waals surface area (Å²) in [5, 5.41) is 12.5. The predicted molar refractivity (Wildman–Crippen MR) is 128 cm³/mol. The van der Waals surface area contributed by atoms with Crippen LogP contribution < -0.4 is 5.32 Å². The van der Waals surface area contributed by atoms with E-state index in [4.69, 9.17) is 0 Å². The maximum Gasteiger partial charge on any atom is 0.234 e. The molecule has 0 radical (unpaired) electrons. The molecule has 1 heterocycles. The van der Waals surface area contributed by atoms with Gasteiger partial charge in [-0.2, -0.15) is 0 Å². The average Bonchev–Trinajstić information content (AvgIpc) is 3.10. The second-order valence-corrected chi connectivity index (χ2v) is 9.28. The van der Waals surface area contributed by atoms with E-state index >= 15 is 0 Å². The first-order valence-corrected chi connectivity index (χ1v) is 11.7. The van der Waals surface area contributed by atoms with E-state index in [-0.39, 0.29) is 11.7 Å². The molecule has 0 unspecified atom stereocenters. The number of benzene rings is 2. The smallest absolute Gasteiger partial charge is 0.234 e. The molecule has 152 valence electrons. The van der Waals surface area contributed by atoms with Gasteiger partial charge in [0, 0.05) is 21.4 Å². The lowest BCUT2D eigenvalue weighted by atomic mass is 10.0. The van der Waals surface area contributed by atoms with E-state index in [1.165, 1.54) is 15.3 Å². The summed E-state index contributed by atoms with van der Waals surface area (Å²) < 4.78 is 3.23. The molecule has 0 atom stereocenters. The summed E-state index contributed by atoms with van der Waals surface area (Å²) in [7, 11) is 0. The molecule has 0 fully saturated rings. The molecule has 0 saturated carbocycles. The van der Waals surface area contributed by atoms with Gasteiger partial charge in [-0.15, -0.1) is 10.2 Å². The van der Waals surface area contributed by atoms with Crippen molar-refractivity contribution in [2.75, 3.05) is 11.1 Å². The minimum Gasteiger partial charge on any atom is -0.325 e. The zero-order chi connectivity index (χ0) is 21.0. The summed E-state index contributed by atoms with van der Waals surface area (Å²) in [5.74, 6) is 1.43. The van der Waals surface area contributed by atoms with E-state index in [2.05, 4.69) is 88.6 Å². The fraction of sp³-hybridized carbons (Fsp3) is 0.318. The number of halogens is 1. The summed E-state index contributed by atoms with van der Waals surface area (Å²) in [4.78, 5) is 12.6. The Morgan fingerprint density at radius 1 is 1.21 bits per heavy atom. The van der Waals surface area contributed by atoms with Gasteiger partial charge in [0.15, 0.2) is 11.0 Å². The normalized spacial score (nSPS) is 11.1. The summed E-state index contributed by atoms with van der Waals surface area (Å²) in [6, 6.07) is 14.2. The Morgan fingerprint density at radius 3 is 2.66 bits per heavy atom. The lowest BCUT2D eigenvalue weighted by Gasteiger charge is -2.14. The zero-order valence-corrected chi connectivity index (χ0v) is 20.0. The Morgan fingerprint density at radius 2 is 1.97 bits per heavy atom. The zero-order valence-electron chi connectivity index (χ0n) is 17.1. The number of amides is 1. The van der Waals surface area contributed by atoms with Crippen LogP contribution in [0.25, 0.3) is 11.4 Å². The highest BCUT2D eigenvalue weighted by atomic mass is 127. The quantitative estimate of drug-likeness (QED) is 0.319. The van der Waals surface area contributed by atoms with Crippen LogP contribution >= 0.6 is 34.4 Å². The monoisotopic (exact) mass is 520 g/mol. The van der Waals surface area contributed by atoms with E-state index in [0.29, 0.717) is 5.92 Å². The van der Waals surface area contributed by atoms with Crippen molar-refractivity contribution >= 4 is 45.9 Å². The number of nitrogens with one attached hydrogen (secondary N) is 1. The van der Waals surface area contributed by atoms with Crippen molar-refractivity contribution in [3.63, 3.8) is 0 Å². The molecule has 0 aliphatic carbocycles. The van der Waals surface area contributed by atoms with Gasteiger partial charge < -0.3 is 9.88 Å². The van der Waals surface area contributed by atoms with E-state index in [0.717, 1.165) is 39.9 Å². The van der Waals surface area contributed by atoms with Gasteiger partial charge >= 0.3 is 0 Å². The molecular weight excluding hydrogens is 495 g/mol.